The molecule has 0 bridgehead atoms. The number of benzene rings is 2. The van der Waals surface area contributed by atoms with Crippen LogP contribution in [0.4, 0.5) is 0 Å². The summed E-state index contributed by atoms with van der Waals surface area (Å²) in [7, 11) is 0. The van der Waals surface area contributed by atoms with Crippen molar-refractivity contribution in [3.63, 3.8) is 0 Å². The van der Waals surface area contributed by atoms with Gasteiger partial charge >= 0.3 is 5.97 Å². The molecule has 0 amide bonds. The highest BCUT2D eigenvalue weighted by Gasteiger charge is 2.60. The van der Waals surface area contributed by atoms with E-state index in [1.54, 1.807) is 6.92 Å². The van der Waals surface area contributed by atoms with Crippen molar-refractivity contribution in [2.75, 3.05) is 0 Å². The summed E-state index contributed by atoms with van der Waals surface area (Å²) >= 11 is 0. The molecular formula is C38H50O2. The second-order valence-corrected chi connectivity index (χ2v) is 14.5. The highest BCUT2D eigenvalue weighted by atomic mass is 16.5. The quantitative estimate of drug-likeness (QED) is 0.342. The van der Waals surface area contributed by atoms with Gasteiger partial charge in [-0.3, -0.25) is 4.79 Å². The molecule has 0 spiro atoms. The lowest BCUT2D eigenvalue weighted by atomic mass is 9.44. The van der Waals surface area contributed by atoms with Crippen LogP contribution in [0.1, 0.15) is 103 Å². The molecule has 0 heterocycles. The Balaban J connectivity index is 1.18. The Morgan fingerprint density at radius 3 is 2.12 bits per heavy atom. The lowest BCUT2D eigenvalue weighted by Crippen LogP contribution is -2.54. The average molecular weight is 539 g/mol. The van der Waals surface area contributed by atoms with E-state index in [0.717, 1.165) is 48.9 Å². The minimum atomic E-state index is -0.101. The Morgan fingerprint density at radius 2 is 1.48 bits per heavy atom. The third kappa shape index (κ3) is 4.99. The lowest BCUT2D eigenvalue weighted by Gasteiger charge is -2.61. The van der Waals surface area contributed by atoms with Crippen LogP contribution in [0.15, 0.2) is 66.7 Å². The highest BCUT2D eigenvalue weighted by Crippen LogP contribution is 2.68. The van der Waals surface area contributed by atoms with Gasteiger partial charge in [-0.1, -0.05) is 87.5 Å². The van der Waals surface area contributed by atoms with Crippen LogP contribution in [0.2, 0.25) is 0 Å². The Bertz CT molecular complexity index is 1160. The van der Waals surface area contributed by atoms with Crippen molar-refractivity contribution >= 4 is 11.5 Å². The summed E-state index contributed by atoms with van der Waals surface area (Å²) in [5, 5.41) is 0. The van der Waals surface area contributed by atoms with Gasteiger partial charge in [-0.05, 0) is 127 Å². The van der Waals surface area contributed by atoms with Crippen molar-refractivity contribution in [2.45, 2.75) is 98.0 Å². The van der Waals surface area contributed by atoms with Crippen LogP contribution in [-0.2, 0) is 9.53 Å². The molecule has 2 aromatic rings. The average Bonchev–Trinajstić information content (AvgIpc) is 3.31. The van der Waals surface area contributed by atoms with Gasteiger partial charge in [-0.15, -0.1) is 0 Å². The van der Waals surface area contributed by atoms with Crippen LogP contribution in [-0.4, -0.2) is 12.1 Å². The van der Waals surface area contributed by atoms with Crippen LogP contribution in [0, 0.1) is 46.3 Å². The standard InChI is InChI=1S/C38H50O2/c1-26(15-17-32(28-11-7-5-8-12-28)29-13-9-6-10-14-29)34-19-20-35-33-18-16-30-25-31(40-27(2)39)21-23-37(30,3)36(33)22-24-38(34,35)4/h5-14,17,26,30-31,33-36H,15-16,18-25H2,1-4H3/t26-,30-,31-,33+,34+,35+,36-,37+,38-/m1/s1. The van der Waals surface area contributed by atoms with E-state index < -0.39 is 0 Å². The largest absolute Gasteiger partial charge is 0.463 e. The number of fused-ring (bicyclic) bond motifs is 5. The molecule has 4 saturated carbocycles. The fourth-order valence-corrected chi connectivity index (χ4v) is 10.6. The number of hydrogen-bond donors (Lipinski definition) is 0. The zero-order chi connectivity index (χ0) is 27.9. The smallest absolute Gasteiger partial charge is 0.302 e. The van der Waals surface area contributed by atoms with Crippen LogP contribution < -0.4 is 0 Å². The Kier molecular flexibility index (Phi) is 7.75. The SMILES string of the molecule is CC(=O)O[C@@H]1CC[C@@]2(C)[C@H](CC[C@@H]3[C@H]2CC[C@@]2(C)[C@H]3CC[C@H]2[C@H](C)CC=C(c2ccccc2)c2ccccc2)C1. The predicted molar refractivity (Wildman–Crippen MR) is 165 cm³/mol. The Morgan fingerprint density at radius 1 is 0.850 bits per heavy atom. The number of rotatable bonds is 6. The molecule has 4 fully saturated rings. The van der Waals surface area contributed by atoms with Gasteiger partial charge < -0.3 is 4.74 Å². The molecular weight excluding hydrogens is 488 g/mol. The van der Waals surface area contributed by atoms with E-state index in [0.29, 0.717) is 16.7 Å². The Labute approximate surface area is 243 Å². The van der Waals surface area contributed by atoms with Crippen LogP contribution in [0.5, 0.6) is 0 Å². The normalized spacial score (nSPS) is 37.4. The van der Waals surface area contributed by atoms with E-state index >= 15 is 0 Å². The summed E-state index contributed by atoms with van der Waals surface area (Å²) < 4.78 is 5.70. The Hall–Kier alpha value is -2.35. The molecule has 0 aliphatic heterocycles. The number of allylic oxidation sites excluding steroid dienone is 1. The van der Waals surface area contributed by atoms with Crippen LogP contribution in [0.3, 0.4) is 0 Å². The van der Waals surface area contributed by atoms with Crippen molar-refractivity contribution < 1.29 is 9.53 Å². The van der Waals surface area contributed by atoms with Gasteiger partial charge in [-0.25, -0.2) is 0 Å². The van der Waals surface area contributed by atoms with E-state index in [4.69, 9.17) is 4.74 Å². The number of ether oxygens (including phenoxy) is 1. The second-order valence-electron chi connectivity index (χ2n) is 14.5. The molecule has 0 saturated heterocycles. The molecule has 2 nitrogen and oxygen atoms in total. The minimum absolute atomic E-state index is 0.101. The van der Waals surface area contributed by atoms with Crippen LogP contribution >= 0.6 is 0 Å². The van der Waals surface area contributed by atoms with E-state index in [2.05, 4.69) is 87.5 Å². The molecule has 6 rings (SSSR count). The van der Waals surface area contributed by atoms with Crippen molar-refractivity contribution in [1.29, 1.82) is 0 Å². The minimum Gasteiger partial charge on any atom is -0.463 e. The third-order valence-corrected chi connectivity index (χ3v) is 12.6. The summed E-state index contributed by atoms with van der Waals surface area (Å²) in [6, 6.07) is 21.9. The van der Waals surface area contributed by atoms with Gasteiger partial charge in [0.05, 0.1) is 0 Å². The highest BCUT2D eigenvalue weighted by molar-refractivity contribution is 5.79. The first kappa shape index (κ1) is 27.8. The molecule has 4 aliphatic rings. The van der Waals surface area contributed by atoms with Crippen molar-refractivity contribution in [2.24, 2.45) is 46.3 Å². The first-order chi connectivity index (χ1) is 19.3. The topological polar surface area (TPSA) is 26.3 Å². The zero-order valence-electron chi connectivity index (χ0n) is 25.3. The second kappa shape index (κ2) is 11.1. The lowest BCUT2D eigenvalue weighted by molar-refractivity contribution is -0.160. The summed E-state index contributed by atoms with van der Waals surface area (Å²) in [6.07, 6.45) is 15.6. The summed E-state index contributed by atoms with van der Waals surface area (Å²) in [5.74, 6) is 4.77. The maximum atomic E-state index is 11.6. The van der Waals surface area contributed by atoms with Gasteiger partial charge in [0, 0.05) is 6.92 Å². The first-order valence-corrected chi connectivity index (χ1v) is 16.3. The molecule has 0 aromatic heterocycles. The number of hydrogen-bond acceptors (Lipinski definition) is 2. The fourth-order valence-electron chi connectivity index (χ4n) is 10.6. The van der Waals surface area contributed by atoms with Crippen molar-refractivity contribution in [1.82, 2.24) is 0 Å². The number of esters is 1. The van der Waals surface area contributed by atoms with Gasteiger partial charge in [-0.2, -0.15) is 0 Å². The maximum absolute atomic E-state index is 11.6. The van der Waals surface area contributed by atoms with E-state index in [9.17, 15) is 4.79 Å². The first-order valence-electron chi connectivity index (χ1n) is 16.3. The van der Waals surface area contributed by atoms with Gasteiger partial charge in [0.1, 0.15) is 6.10 Å². The molecule has 0 N–H and O–H groups in total. The molecule has 40 heavy (non-hydrogen) atoms. The van der Waals surface area contributed by atoms with E-state index in [1.807, 2.05) is 0 Å². The number of carbonyl (C=O) groups excluding carboxylic acids is 1. The molecule has 214 valence electrons. The van der Waals surface area contributed by atoms with E-state index in [-0.39, 0.29) is 12.1 Å². The monoisotopic (exact) mass is 538 g/mol. The summed E-state index contributed by atoms with van der Waals surface area (Å²) in [4.78, 5) is 11.6. The maximum Gasteiger partial charge on any atom is 0.302 e. The fraction of sp³-hybridized carbons (Fsp3) is 0.605. The molecule has 0 radical (unpaired) electrons. The summed E-state index contributed by atoms with van der Waals surface area (Å²) in [6.45, 7) is 9.43. The molecule has 2 heteroatoms. The van der Waals surface area contributed by atoms with Crippen molar-refractivity contribution in [3.05, 3.63) is 77.9 Å². The zero-order valence-corrected chi connectivity index (χ0v) is 25.3. The van der Waals surface area contributed by atoms with Crippen LogP contribution in [0.25, 0.3) is 5.57 Å². The molecule has 2 aromatic carbocycles. The third-order valence-electron chi connectivity index (χ3n) is 12.6. The van der Waals surface area contributed by atoms with Crippen molar-refractivity contribution in [3.8, 4) is 0 Å². The van der Waals surface area contributed by atoms with Gasteiger partial charge in [0.25, 0.3) is 0 Å². The predicted octanol–water partition coefficient (Wildman–Crippen LogP) is 9.74. The molecule has 0 unspecified atom stereocenters. The van der Waals surface area contributed by atoms with E-state index in [1.165, 1.54) is 61.6 Å². The number of carbonyl (C=O) groups is 1. The summed E-state index contributed by atoms with van der Waals surface area (Å²) in [5.41, 5.74) is 4.95. The van der Waals surface area contributed by atoms with Gasteiger partial charge in [0.2, 0.25) is 0 Å². The molecule has 4 aliphatic carbocycles. The molecule has 9 atom stereocenters. The van der Waals surface area contributed by atoms with Gasteiger partial charge in [0.15, 0.2) is 0 Å².